The van der Waals surface area contributed by atoms with Gasteiger partial charge in [-0.2, -0.15) is 9.97 Å². The van der Waals surface area contributed by atoms with Crippen molar-refractivity contribution in [3.63, 3.8) is 0 Å². The first-order valence-electron chi connectivity index (χ1n) is 31.5. The average molecular weight is 1180 g/mol. The zero-order chi connectivity index (χ0) is 61.1. The van der Waals surface area contributed by atoms with Crippen molar-refractivity contribution >= 4 is 110 Å². The van der Waals surface area contributed by atoms with Crippen LogP contribution in [0.25, 0.3) is 144 Å². The van der Waals surface area contributed by atoms with Gasteiger partial charge in [-0.15, -0.1) is 0 Å². The van der Waals surface area contributed by atoms with E-state index in [9.17, 15) is 0 Å². The van der Waals surface area contributed by atoms with Crippen LogP contribution in [0.4, 0.5) is 0 Å². The highest BCUT2D eigenvalue weighted by Crippen LogP contribution is 2.44. The van der Waals surface area contributed by atoms with Crippen molar-refractivity contribution < 1.29 is 0 Å². The minimum absolute atomic E-state index is 0.148. The summed E-state index contributed by atoms with van der Waals surface area (Å²) in [5.41, 5.74) is 22.2. The molecule has 18 aromatic rings. The van der Waals surface area contributed by atoms with Gasteiger partial charge in [-0.05, 0) is 93.6 Å². The molecular formula is C83H57BN8. The summed E-state index contributed by atoms with van der Waals surface area (Å²) >= 11 is 0. The van der Waals surface area contributed by atoms with Gasteiger partial charge in [0.25, 0.3) is 0 Å². The molecule has 0 fully saturated rings. The highest BCUT2D eigenvalue weighted by Gasteiger charge is 2.30. The zero-order valence-electron chi connectivity index (χ0n) is 50.9. The normalized spacial score (nSPS) is 11.9. The van der Waals surface area contributed by atoms with Crippen molar-refractivity contribution in [1.29, 1.82) is 0 Å². The molecule has 0 radical (unpaired) electrons. The average Bonchev–Trinajstić information content (AvgIpc) is 1.55. The maximum absolute atomic E-state index is 5.40. The van der Waals surface area contributed by atoms with Crippen LogP contribution < -0.4 is 16.4 Å². The fourth-order valence-electron chi connectivity index (χ4n) is 15.1. The number of aryl methyl sites for hydroxylation is 3. The fraction of sp³-hybridized carbons (Fsp3) is 0.0361. The second kappa shape index (κ2) is 21.1. The number of para-hydroxylation sites is 4. The Balaban J connectivity index is 0.849. The monoisotopic (exact) mass is 1180 g/mol. The molecule has 0 N–H and O–H groups in total. The number of rotatable bonds is 10. The number of fused-ring (bicyclic) bond motifs is 14. The molecule has 0 spiro atoms. The van der Waals surface area contributed by atoms with Gasteiger partial charge in [0.1, 0.15) is 5.82 Å². The minimum atomic E-state index is -0.148. The Bertz CT molecular complexity index is 5920. The third-order valence-corrected chi connectivity index (χ3v) is 18.8. The van der Waals surface area contributed by atoms with E-state index in [-0.39, 0.29) is 6.71 Å². The second-order valence-corrected chi connectivity index (χ2v) is 24.3. The van der Waals surface area contributed by atoms with Crippen molar-refractivity contribution in [1.82, 2.24) is 38.2 Å². The molecule has 12 aromatic carbocycles. The van der Waals surface area contributed by atoms with Crippen molar-refractivity contribution in [2.45, 2.75) is 20.8 Å². The van der Waals surface area contributed by atoms with E-state index in [0.29, 0.717) is 17.6 Å². The van der Waals surface area contributed by atoms with Crippen LogP contribution in [0.2, 0.25) is 0 Å². The van der Waals surface area contributed by atoms with Crippen LogP contribution in [0, 0.1) is 20.8 Å². The predicted octanol–water partition coefficient (Wildman–Crippen LogP) is 18.1. The van der Waals surface area contributed by atoms with E-state index >= 15 is 0 Å². The van der Waals surface area contributed by atoms with Gasteiger partial charge in [0, 0.05) is 71.2 Å². The summed E-state index contributed by atoms with van der Waals surface area (Å²) in [5, 5.41) is 9.34. The van der Waals surface area contributed by atoms with Gasteiger partial charge in [-0.1, -0.05) is 251 Å². The first-order valence-corrected chi connectivity index (χ1v) is 31.5. The number of pyridine rings is 1. The van der Waals surface area contributed by atoms with E-state index in [2.05, 4.69) is 294 Å². The molecule has 0 bridgehead atoms. The molecule has 0 unspecified atom stereocenters. The molecule has 0 aliphatic heterocycles. The Kier molecular flexibility index (Phi) is 12.2. The zero-order valence-corrected chi connectivity index (χ0v) is 50.9. The molecule has 18 rings (SSSR count). The van der Waals surface area contributed by atoms with Crippen LogP contribution in [0.15, 0.2) is 291 Å². The summed E-state index contributed by atoms with van der Waals surface area (Å²) < 4.78 is 9.59. The highest BCUT2D eigenvalue weighted by atomic mass is 15.2. The van der Waals surface area contributed by atoms with Gasteiger partial charge in [0.15, 0.2) is 11.6 Å². The lowest BCUT2D eigenvalue weighted by Crippen LogP contribution is -2.54. The van der Waals surface area contributed by atoms with Crippen LogP contribution in [0.5, 0.6) is 0 Å². The molecule has 6 heterocycles. The van der Waals surface area contributed by atoms with E-state index in [1.54, 1.807) is 0 Å². The Morgan fingerprint density at radius 3 is 1.28 bits per heavy atom. The first kappa shape index (κ1) is 53.1. The molecule has 0 aliphatic rings. The Morgan fingerprint density at radius 1 is 0.293 bits per heavy atom. The smallest absolute Gasteiger partial charge is 0.242 e. The third kappa shape index (κ3) is 8.32. The van der Waals surface area contributed by atoms with E-state index in [1.165, 1.54) is 54.6 Å². The van der Waals surface area contributed by atoms with Crippen LogP contribution in [0.1, 0.15) is 16.7 Å². The van der Waals surface area contributed by atoms with E-state index in [0.717, 1.165) is 105 Å². The van der Waals surface area contributed by atoms with Crippen LogP contribution in [-0.4, -0.2) is 44.9 Å². The number of hydrogen-bond acceptors (Lipinski definition) is 4. The maximum Gasteiger partial charge on any atom is 0.242 e. The van der Waals surface area contributed by atoms with Gasteiger partial charge in [-0.25, -0.2) is 9.97 Å². The highest BCUT2D eigenvalue weighted by molar-refractivity contribution is 6.96. The summed E-state index contributed by atoms with van der Waals surface area (Å²) in [7, 11) is 0. The molecule has 9 heteroatoms. The molecule has 0 aliphatic carbocycles. The summed E-state index contributed by atoms with van der Waals surface area (Å²) in [4.78, 5) is 21.3. The van der Waals surface area contributed by atoms with Crippen LogP contribution in [0.3, 0.4) is 0 Å². The van der Waals surface area contributed by atoms with Gasteiger partial charge in [0.05, 0.1) is 49.8 Å². The molecule has 0 saturated carbocycles. The molecule has 0 saturated heterocycles. The van der Waals surface area contributed by atoms with Crippen molar-refractivity contribution in [3.05, 3.63) is 308 Å². The molecule has 8 nitrogen and oxygen atoms in total. The van der Waals surface area contributed by atoms with Crippen molar-refractivity contribution in [2.24, 2.45) is 0 Å². The van der Waals surface area contributed by atoms with E-state index in [1.807, 2.05) is 36.4 Å². The summed E-state index contributed by atoms with van der Waals surface area (Å²) in [6.07, 6.45) is 0. The largest absolute Gasteiger partial charge is 0.309 e. The third-order valence-electron chi connectivity index (χ3n) is 18.8. The van der Waals surface area contributed by atoms with Gasteiger partial charge >= 0.3 is 0 Å². The summed E-state index contributed by atoms with van der Waals surface area (Å²) in [6.45, 7) is 6.63. The summed E-state index contributed by atoms with van der Waals surface area (Å²) in [6, 6.07) is 105. The lowest BCUT2D eigenvalue weighted by molar-refractivity contribution is 0.953. The summed E-state index contributed by atoms with van der Waals surface area (Å²) in [5.74, 6) is 2.65. The molecule has 92 heavy (non-hydrogen) atoms. The van der Waals surface area contributed by atoms with Crippen LogP contribution >= 0.6 is 0 Å². The Labute approximate surface area is 531 Å². The number of aromatic nitrogens is 8. The number of benzene rings is 12. The maximum atomic E-state index is 5.40. The van der Waals surface area contributed by atoms with E-state index in [4.69, 9.17) is 19.9 Å². The van der Waals surface area contributed by atoms with Crippen molar-refractivity contribution in [2.75, 3.05) is 0 Å². The Morgan fingerprint density at radius 2 is 0.728 bits per heavy atom. The number of hydrogen-bond donors (Lipinski definition) is 0. The van der Waals surface area contributed by atoms with Gasteiger partial charge in [0.2, 0.25) is 12.7 Å². The van der Waals surface area contributed by atoms with E-state index < -0.39 is 0 Å². The molecule has 0 atom stereocenters. The standard InChI is InChI=1S/C83H57BN8/c1-52-48-53(2)78(54(3)49-52)84(58-30-21-32-60(50-58)89-71-41-19-15-36-66(71)76-73(89)46-47-74-77(76)67-37-16-20-42-72(67)91(74)75-43-23-38-68(85-75)55-24-7-4-8-25-55)59-31-22-33-61(51-59)90-69-39-17-13-34-62(69)64-44-45-65-63-35-14-18-40-70(63)92(80(65)79(64)90)83-87-81(56-26-9-5-10-27-56)86-82(88-83)57-28-11-6-12-29-57/h4-51H,1-3H3. The predicted molar refractivity (Wildman–Crippen MR) is 383 cm³/mol. The van der Waals surface area contributed by atoms with Gasteiger partial charge < -0.3 is 9.13 Å². The number of nitrogens with zero attached hydrogens (tertiary/aromatic N) is 8. The second-order valence-electron chi connectivity index (χ2n) is 24.3. The molecule has 6 aromatic heterocycles. The Hall–Kier alpha value is -11.9. The molecular weight excluding hydrogens is 1120 g/mol. The molecule has 0 amide bonds. The van der Waals surface area contributed by atoms with Gasteiger partial charge in [-0.3, -0.25) is 9.13 Å². The fourth-order valence-corrected chi connectivity index (χ4v) is 15.1. The minimum Gasteiger partial charge on any atom is -0.309 e. The topological polar surface area (TPSA) is 71.3 Å². The van der Waals surface area contributed by atoms with Crippen LogP contribution in [-0.2, 0) is 0 Å². The first-order chi connectivity index (χ1) is 45.4. The quantitative estimate of drug-likeness (QED) is 0.128. The molecule has 432 valence electrons. The lowest BCUT2D eigenvalue weighted by atomic mass is 9.35. The SMILES string of the molecule is Cc1cc(C)c(B(c2cccc(-n3c4ccccc4c4c5c6ccccc6n(-c6cccc(-c7ccccc7)n6)c5ccc43)c2)c2cccc(-n3c4ccccc4c4ccc5c6ccccc6n(-c6nc(-c7ccccc7)nc(-c7ccccc7)n6)c5c43)c2)c(C)c1. The lowest BCUT2D eigenvalue weighted by Gasteiger charge is -2.23. The van der Waals surface area contributed by atoms with Crippen molar-refractivity contribution in [3.8, 4) is 57.2 Å².